The molecule has 0 spiro atoms. The molecule has 0 bridgehead atoms. The van der Waals surface area contributed by atoms with Gasteiger partial charge >= 0.3 is 0 Å². The Balaban J connectivity index is 2.45. The number of rotatable bonds is 11. The van der Waals surface area contributed by atoms with E-state index in [1.54, 1.807) is 37.3 Å². The van der Waals surface area contributed by atoms with Gasteiger partial charge in [-0.05, 0) is 56.2 Å². The minimum absolute atomic E-state index is 0.0787. The zero-order valence-corrected chi connectivity index (χ0v) is 22.7. The molecule has 35 heavy (non-hydrogen) atoms. The number of carbonyl (C=O) groups is 2. The van der Waals surface area contributed by atoms with Gasteiger partial charge in [0, 0.05) is 22.6 Å². The fraction of sp³-hybridized carbons (Fsp3) is 0.417. The lowest BCUT2D eigenvalue weighted by atomic mass is 10.1. The third-order valence-electron chi connectivity index (χ3n) is 5.52. The first-order valence-corrected chi connectivity index (χ1v) is 13.6. The number of benzene rings is 2. The van der Waals surface area contributed by atoms with Crippen molar-refractivity contribution >= 4 is 50.7 Å². The molecule has 192 valence electrons. The zero-order valence-electron chi connectivity index (χ0n) is 20.4. The van der Waals surface area contributed by atoms with Gasteiger partial charge in [0.15, 0.2) is 0 Å². The molecule has 2 amide bonds. The second-order valence-electron chi connectivity index (χ2n) is 8.23. The summed E-state index contributed by atoms with van der Waals surface area (Å²) in [4.78, 5) is 27.8. The molecule has 0 aromatic heterocycles. The molecular formula is C24H31Cl2N3O5S. The highest BCUT2D eigenvalue weighted by molar-refractivity contribution is 7.92. The van der Waals surface area contributed by atoms with Crippen LogP contribution >= 0.6 is 23.2 Å². The van der Waals surface area contributed by atoms with Gasteiger partial charge < -0.3 is 15.0 Å². The highest BCUT2D eigenvalue weighted by Gasteiger charge is 2.31. The SMILES string of the molecule is CC[C@H](C)NC(=O)[C@@H](C)N(Cc1ccc(Cl)cc1)C(=O)CN(c1cc(Cl)ccc1OC)S(C)(=O)=O. The van der Waals surface area contributed by atoms with E-state index in [-0.39, 0.29) is 35.0 Å². The molecule has 1 N–H and O–H groups in total. The van der Waals surface area contributed by atoms with Gasteiger partial charge in [0.2, 0.25) is 21.8 Å². The van der Waals surface area contributed by atoms with Crippen LogP contribution in [0.5, 0.6) is 5.75 Å². The van der Waals surface area contributed by atoms with Crippen LogP contribution in [0.1, 0.15) is 32.8 Å². The molecule has 0 aliphatic carbocycles. The van der Waals surface area contributed by atoms with Gasteiger partial charge in [-0.15, -0.1) is 0 Å². The maximum absolute atomic E-state index is 13.6. The number of hydrogen-bond donors (Lipinski definition) is 1. The number of hydrogen-bond acceptors (Lipinski definition) is 5. The summed E-state index contributed by atoms with van der Waals surface area (Å²) in [6.45, 7) is 4.94. The standard InChI is InChI=1S/C24H31Cl2N3O5S/c1-6-16(2)27-24(31)17(3)28(14-18-7-9-19(25)10-8-18)23(30)15-29(35(5,32)33)21-13-20(26)11-12-22(21)34-4/h7-13,16-17H,6,14-15H2,1-5H3,(H,27,31)/t16-,17+/m0/s1. The third kappa shape index (κ3) is 8.02. The average Bonchev–Trinajstić information content (AvgIpc) is 2.80. The van der Waals surface area contributed by atoms with E-state index >= 15 is 0 Å². The minimum atomic E-state index is -3.91. The topological polar surface area (TPSA) is 96.0 Å². The molecule has 0 radical (unpaired) electrons. The third-order valence-corrected chi connectivity index (χ3v) is 7.14. The molecule has 0 aliphatic heterocycles. The van der Waals surface area contributed by atoms with Crippen LogP contribution in [0.2, 0.25) is 10.0 Å². The lowest BCUT2D eigenvalue weighted by Crippen LogP contribution is -2.52. The number of anilines is 1. The van der Waals surface area contributed by atoms with Crippen LogP contribution in [0.3, 0.4) is 0 Å². The number of nitrogens with zero attached hydrogens (tertiary/aromatic N) is 2. The molecule has 2 atom stereocenters. The summed E-state index contributed by atoms with van der Waals surface area (Å²) in [5.74, 6) is -0.674. The van der Waals surface area contributed by atoms with E-state index in [2.05, 4.69) is 5.32 Å². The predicted molar refractivity (Wildman–Crippen MR) is 140 cm³/mol. The van der Waals surface area contributed by atoms with E-state index in [1.165, 1.54) is 24.1 Å². The predicted octanol–water partition coefficient (Wildman–Crippen LogP) is 4.10. The molecule has 0 unspecified atom stereocenters. The molecule has 0 saturated carbocycles. The summed E-state index contributed by atoms with van der Waals surface area (Å²) in [5.41, 5.74) is 0.858. The van der Waals surface area contributed by atoms with Crippen LogP contribution in [0.15, 0.2) is 42.5 Å². The second-order valence-corrected chi connectivity index (χ2v) is 11.0. The zero-order chi connectivity index (χ0) is 26.3. The summed E-state index contributed by atoms with van der Waals surface area (Å²) in [6.07, 6.45) is 1.71. The summed E-state index contributed by atoms with van der Waals surface area (Å²) in [6, 6.07) is 10.4. The fourth-order valence-corrected chi connectivity index (χ4v) is 4.42. The van der Waals surface area contributed by atoms with Crippen LogP contribution < -0.4 is 14.4 Å². The maximum atomic E-state index is 13.6. The van der Waals surface area contributed by atoms with Gasteiger partial charge in [0.1, 0.15) is 18.3 Å². The maximum Gasteiger partial charge on any atom is 0.244 e. The van der Waals surface area contributed by atoms with Crippen molar-refractivity contribution in [2.75, 3.05) is 24.2 Å². The fourth-order valence-electron chi connectivity index (χ4n) is 3.29. The van der Waals surface area contributed by atoms with Gasteiger partial charge in [-0.1, -0.05) is 42.3 Å². The van der Waals surface area contributed by atoms with E-state index in [1.807, 2.05) is 13.8 Å². The molecule has 0 fully saturated rings. The summed E-state index contributed by atoms with van der Waals surface area (Å²) in [5, 5.41) is 3.69. The van der Waals surface area contributed by atoms with E-state index in [9.17, 15) is 18.0 Å². The Morgan fingerprint density at radius 2 is 1.66 bits per heavy atom. The van der Waals surface area contributed by atoms with Crippen molar-refractivity contribution in [1.29, 1.82) is 0 Å². The Morgan fingerprint density at radius 3 is 2.20 bits per heavy atom. The smallest absolute Gasteiger partial charge is 0.244 e. The van der Waals surface area contributed by atoms with Crippen molar-refractivity contribution in [3.05, 3.63) is 58.1 Å². The lowest BCUT2D eigenvalue weighted by Gasteiger charge is -2.32. The van der Waals surface area contributed by atoms with Crippen LogP contribution in [0, 0.1) is 0 Å². The van der Waals surface area contributed by atoms with E-state index in [4.69, 9.17) is 27.9 Å². The monoisotopic (exact) mass is 543 g/mol. The molecule has 2 aromatic rings. The summed E-state index contributed by atoms with van der Waals surface area (Å²) in [7, 11) is -2.52. The van der Waals surface area contributed by atoms with E-state index < -0.39 is 28.5 Å². The Labute approximate surface area is 217 Å². The van der Waals surface area contributed by atoms with E-state index in [0.29, 0.717) is 5.02 Å². The second kappa shape index (κ2) is 12.5. The van der Waals surface area contributed by atoms with Crippen LogP contribution in [0.4, 0.5) is 5.69 Å². The molecule has 8 nitrogen and oxygen atoms in total. The first kappa shape index (κ1) is 28.7. The van der Waals surface area contributed by atoms with E-state index in [0.717, 1.165) is 22.5 Å². The summed E-state index contributed by atoms with van der Waals surface area (Å²) < 4.78 is 31.7. The van der Waals surface area contributed by atoms with Crippen molar-refractivity contribution < 1.29 is 22.7 Å². The number of halogens is 2. The number of carbonyl (C=O) groups excluding carboxylic acids is 2. The number of sulfonamides is 1. The highest BCUT2D eigenvalue weighted by Crippen LogP contribution is 2.33. The van der Waals surface area contributed by atoms with Crippen LogP contribution in [-0.2, 0) is 26.2 Å². The van der Waals surface area contributed by atoms with Gasteiger partial charge in [0.05, 0.1) is 19.1 Å². The molecule has 0 aliphatic rings. The van der Waals surface area contributed by atoms with Crippen molar-refractivity contribution in [1.82, 2.24) is 10.2 Å². The average molecular weight is 545 g/mol. The highest BCUT2D eigenvalue weighted by atomic mass is 35.5. The molecule has 11 heteroatoms. The lowest BCUT2D eigenvalue weighted by molar-refractivity contribution is -0.139. The Kier molecular flexibility index (Phi) is 10.2. The molecule has 2 aromatic carbocycles. The Hall–Kier alpha value is -2.49. The number of nitrogens with one attached hydrogen (secondary N) is 1. The summed E-state index contributed by atoms with van der Waals surface area (Å²) >= 11 is 12.1. The van der Waals surface area contributed by atoms with Crippen LogP contribution in [-0.4, -0.2) is 57.1 Å². The quantitative estimate of drug-likeness (QED) is 0.460. The minimum Gasteiger partial charge on any atom is -0.495 e. The van der Waals surface area contributed by atoms with Gasteiger partial charge in [-0.25, -0.2) is 8.42 Å². The molecular weight excluding hydrogens is 513 g/mol. The van der Waals surface area contributed by atoms with Crippen molar-refractivity contribution in [3.8, 4) is 5.75 Å². The molecule has 0 heterocycles. The largest absolute Gasteiger partial charge is 0.495 e. The van der Waals surface area contributed by atoms with Crippen molar-refractivity contribution in [2.24, 2.45) is 0 Å². The van der Waals surface area contributed by atoms with Crippen molar-refractivity contribution in [3.63, 3.8) is 0 Å². The van der Waals surface area contributed by atoms with Crippen LogP contribution in [0.25, 0.3) is 0 Å². The van der Waals surface area contributed by atoms with Gasteiger partial charge in [0.25, 0.3) is 0 Å². The molecule has 2 rings (SSSR count). The Bertz CT molecular complexity index is 1140. The first-order chi connectivity index (χ1) is 16.4. The number of amides is 2. The normalized spacial score (nSPS) is 13.0. The Morgan fingerprint density at radius 1 is 1.06 bits per heavy atom. The number of ether oxygens (including phenoxy) is 1. The van der Waals surface area contributed by atoms with Gasteiger partial charge in [-0.3, -0.25) is 13.9 Å². The number of methoxy groups -OCH3 is 1. The van der Waals surface area contributed by atoms with Gasteiger partial charge in [-0.2, -0.15) is 0 Å². The first-order valence-electron chi connectivity index (χ1n) is 11.0. The van der Waals surface area contributed by atoms with Crippen molar-refractivity contribution in [2.45, 2.75) is 45.8 Å². The molecule has 0 saturated heterocycles.